The Morgan fingerprint density at radius 3 is 2.56 bits per heavy atom. The van der Waals surface area contributed by atoms with Gasteiger partial charge in [-0.2, -0.15) is 13.2 Å². The number of ether oxygens (including phenoxy) is 1. The van der Waals surface area contributed by atoms with Crippen molar-refractivity contribution in [2.24, 2.45) is 0 Å². The fourth-order valence-electron chi connectivity index (χ4n) is 1.14. The Morgan fingerprint density at radius 2 is 2.00 bits per heavy atom. The molecule has 0 bridgehead atoms. The predicted molar refractivity (Wildman–Crippen MR) is 64.1 cm³/mol. The summed E-state index contributed by atoms with van der Waals surface area (Å²) < 4.78 is 40.1. The first-order valence-corrected chi connectivity index (χ1v) is 5.81. The van der Waals surface area contributed by atoms with E-state index in [9.17, 15) is 18.0 Å². The van der Waals surface area contributed by atoms with Crippen molar-refractivity contribution in [2.75, 3.05) is 23.8 Å². The zero-order chi connectivity index (χ0) is 13.8. The minimum Gasteiger partial charge on any atom is -0.461 e. The fraction of sp³-hybridized carbons (Fsp3) is 0.300. The molecule has 1 rings (SSSR count). The zero-order valence-corrected chi connectivity index (χ0v) is 9.98. The number of thioether (sulfide) groups is 1. The summed E-state index contributed by atoms with van der Waals surface area (Å²) >= 11 is -0.251. The number of nitrogens with two attached hydrogens (primary N) is 2. The van der Waals surface area contributed by atoms with E-state index in [0.29, 0.717) is 5.69 Å². The molecule has 0 aliphatic heterocycles. The number of hydrogen-bond acceptors (Lipinski definition) is 5. The van der Waals surface area contributed by atoms with Gasteiger partial charge in [0, 0.05) is 17.1 Å². The van der Waals surface area contributed by atoms with Gasteiger partial charge in [0.1, 0.15) is 6.61 Å². The van der Waals surface area contributed by atoms with Gasteiger partial charge < -0.3 is 16.2 Å². The number of benzene rings is 1. The van der Waals surface area contributed by atoms with Crippen molar-refractivity contribution < 1.29 is 22.7 Å². The van der Waals surface area contributed by atoms with Crippen LogP contribution in [0.25, 0.3) is 0 Å². The predicted octanol–water partition coefficient (Wildman–Crippen LogP) is 2.26. The summed E-state index contributed by atoms with van der Waals surface area (Å²) in [5, 5.41) is 0. The van der Waals surface area contributed by atoms with Crippen LogP contribution in [-0.4, -0.2) is 23.8 Å². The van der Waals surface area contributed by atoms with Gasteiger partial charge >= 0.3 is 11.5 Å². The summed E-state index contributed by atoms with van der Waals surface area (Å²) in [7, 11) is 0. The van der Waals surface area contributed by atoms with Crippen molar-refractivity contribution in [3.8, 4) is 0 Å². The number of halogens is 3. The van der Waals surface area contributed by atoms with Gasteiger partial charge in [0.2, 0.25) is 0 Å². The van der Waals surface area contributed by atoms with Gasteiger partial charge in [0.05, 0.1) is 5.56 Å². The number of rotatable bonds is 4. The summed E-state index contributed by atoms with van der Waals surface area (Å²) in [4.78, 5) is 11.5. The number of carbonyl (C=O) groups is 1. The first kappa shape index (κ1) is 14.5. The number of nitrogen functional groups attached to an aromatic ring is 2. The van der Waals surface area contributed by atoms with Crippen LogP contribution in [0.5, 0.6) is 0 Å². The largest absolute Gasteiger partial charge is 0.461 e. The van der Waals surface area contributed by atoms with Gasteiger partial charge in [-0.15, -0.1) is 0 Å². The van der Waals surface area contributed by atoms with Crippen molar-refractivity contribution in [3.05, 3.63) is 23.8 Å². The third-order valence-electron chi connectivity index (χ3n) is 1.88. The Morgan fingerprint density at radius 1 is 1.33 bits per heavy atom. The number of anilines is 2. The van der Waals surface area contributed by atoms with Gasteiger partial charge in [0.15, 0.2) is 0 Å². The maximum atomic E-state index is 11.8. The van der Waals surface area contributed by atoms with E-state index in [-0.39, 0.29) is 35.4 Å². The van der Waals surface area contributed by atoms with E-state index in [1.807, 2.05) is 0 Å². The van der Waals surface area contributed by atoms with Crippen LogP contribution in [0.3, 0.4) is 0 Å². The van der Waals surface area contributed by atoms with E-state index in [0.717, 1.165) is 0 Å². The van der Waals surface area contributed by atoms with Crippen LogP contribution in [0.2, 0.25) is 0 Å². The Kier molecular flexibility index (Phi) is 4.71. The molecule has 0 saturated heterocycles. The molecule has 0 fully saturated rings. The SMILES string of the molecule is Nc1ccc(C(=O)OCCSC(F)(F)F)c(N)c1. The third-order valence-corrected chi connectivity index (χ3v) is 2.58. The number of esters is 1. The number of hydrogen-bond donors (Lipinski definition) is 2. The van der Waals surface area contributed by atoms with Crippen LogP contribution in [-0.2, 0) is 4.74 Å². The lowest BCUT2D eigenvalue weighted by Gasteiger charge is -2.08. The highest BCUT2D eigenvalue weighted by molar-refractivity contribution is 8.00. The molecule has 0 radical (unpaired) electrons. The van der Waals surface area contributed by atoms with E-state index in [4.69, 9.17) is 11.5 Å². The Labute approximate surface area is 105 Å². The second-order valence-electron chi connectivity index (χ2n) is 3.28. The highest BCUT2D eigenvalue weighted by Gasteiger charge is 2.27. The van der Waals surface area contributed by atoms with Crippen LogP contribution in [0, 0.1) is 0 Å². The minimum absolute atomic E-state index is 0.0845. The van der Waals surface area contributed by atoms with E-state index in [1.54, 1.807) is 0 Å². The van der Waals surface area contributed by atoms with E-state index in [2.05, 4.69) is 4.74 Å². The normalized spacial score (nSPS) is 11.3. The molecule has 0 spiro atoms. The summed E-state index contributed by atoms with van der Waals surface area (Å²) in [6.45, 7) is -0.340. The zero-order valence-electron chi connectivity index (χ0n) is 9.16. The average Bonchev–Trinajstić information content (AvgIpc) is 2.22. The smallest absolute Gasteiger partial charge is 0.441 e. The molecule has 18 heavy (non-hydrogen) atoms. The van der Waals surface area contributed by atoms with Crippen molar-refractivity contribution in [1.29, 1.82) is 0 Å². The quantitative estimate of drug-likeness (QED) is 0.502. The van der Waals surface area contributed by atoms with Crippen molar-refractivity contribution >= 4 is 29.1 Å². The molecule has 0 unspecified atom stereocenters. The number of carbonyl (C=O) groups excluding carboxylic acids is 1. The second kappa shape index (κ2) is 5.85. The summed E-state index contributed by atoms with van der Waals surface area (Å²) in [5.41, 5.74) is 7.24. The first-order chi connectivity index (χ1) is 8.29. The van der Waals surface area contributed by atoms with Crippen LogP contribution >= 0.6 is 11.8 Å². The van der Waals surface area contributed by atoms with Crippen molar-refractivity contribution in [3.63, 3.8) is 0 Å². The fourth-order valence-corrected chi connectivity index (χ4v) is 1.53. The lowest BCUT2D eigenvalue weighted by molar-refractivity contribution is -0.0331. The van der Waals surface area contributed by atoms with Crippen LogP contribution in [0.4, 0.5) is 24.5 Å². The van der Waals surface area contributed by atoms with Gasteiger partial charge in [-0.1, -0.05) is 0 Å². The monoisotopic (exact) mass is 280 g/mol. The lowest BCUT2D eigenvalue weighted by Crippen LogP contribution is -2.12. The van der Waals surface area contributed by atoms with E-state index < -0.39 is 11.5 Å². The first-order valence-electron chi connectivity index (χ1n) is 4.82. The summed E-state index contributed by atoms with van der Waals surface area (Å²) in [6, 6.07) is 4.20. The maximum Gasteiger partial charge on any atom is 0.441 e. The van der Waals surface area contributed by atoms with E-state index >= 15 is 0 Å². The highest BCUT2D eigenvalue weighted by atomic mass is 32.2. The molecular formula is C10H11F3N2O2S. The van der Waals surface area contributed by atoms with Crippen LogP contribution < -0.4 is 11.5 Å². The molecule has 4 nitrogen and oxygen atoms in total. The molecule has 100 valence electrons. The van der Waals surface area contributed by atoms with Gasteiger partial charge in [0.25, 0.3) is 0 Å². The van der Waals surface area contributed by atoms with Gasteiger partial charge in [-0.3, -0.25) is 0 Å². The number of alkyl halides is 3. The maximum absolute atomic E-state index is 11.8. The molecule has 1 aromatic carbocycles. The van der Waals surface area contributed by atoms with E-state index in [1.165, 1.54) is 18.2 Å². The van der Waals surface area contributed by atoms with Crippen LogP contribution in [0.1, 0.15) is 10.4 Å². The molecule has 0 aromatic heterocycles. The minimum atomic E-state index is -4.33. The molecule has 4 N–H and O–H groups in total. The molecular weight excluding hydrogens is 269 g/mol. The van der Waals surface area contributed by atoms with Crippen LogP contribution in [0.15, 0.2) is 18.2 Å². The molecule has 0 aliphatic rings. The standard InChI is InChI=1S/C10H11F3N2O2S/c11-10(12,13)18-4-3-17-9(16)7-2-1-6(14)5-8(7)15/h1-2,5H,3-4,14-15H2. The molecule has 0 atom stereocenters. The van der Waals surface area contributed by atoms with Crippen molar-refractivity contribution in [1.82, 2.24) is 0 Å². The second-order valence-corrected chi connectivity index (χ2v) is 4.44. The molecule has 1 aromatic rings. The molecule has 8 heteroatoms. The molecule has 0 amide bonds. The summed E-state index contributed by atoms with van der Waals surface area (Å²) in [6.07, 6.45) is 0. The molecule has 0 saturated carbocycles. The van der Waals surface area contributed by atoms with Gasteiger partial charge in [-0.25, -0.2) is 4.79 Å². The Balaban J connectivity index is 2.46. The topological polar surface area (TPSA) is 78.3 Å². The average molecular weight is 280 g/mol. The lowest BCUT2D eigenvalue weighted by atomic mass is 10.1. The highest BCUT2D eigenvalue weighted by Crippen LogP contribution is 2.29. The summed E-state index contributed by atoms with van der Waals surface area (Å²) in [5.74, 6) is -1.13. The third kappa shape index (κ3) is 4.74. The van der Waals surface area contributed by atoms with Gasteiger partial charge in [-0.05, 0) is 30.0 Å². The molecule has 0 aliphatic carbocycles. The Bertz CT molecular complexity index is 438. The Hall–Kier alpha value is -1.57. The molecule has 0 heterocycles. The van der Waals surface area contributed by atoms with Crippen molar-refractivity contribution in [2.45, 2.75) is 5.51 Å².